The van der Waals surface area contributed by atoms with Gasteiger partial charge in [0.25, 0.3) is 5.91 Å². The summed E-state index contributed by atoms with van der Waals surface area (Å²) in [6, 6.07) is 15.0. The first-order chi connectivity index (χ1) is 10.6. The molecular weight excluding hydrogens is 384 g/mol. The molecular formula is C16H10BrClN2OS. The third-order valence-corrected chi connectivity index (χ3v) is 4.59. The lowest BCUT2D eigenvalue weighted by Crippen LogP contribution is -2.19. The van der Waals surface area contributed by atoms with Crippen LogP contribution >= 0.6 is 39.3 Å². The van der Waals surface area contributed by atoms with Gasteiger partial charge in [-0.05, 0) is 47.7 Å². The molecule has 2 aromatic rings. The molecule has 0 saturated carbocycles. The van der Waals surface area contributed by atoms with Gasteiger partial charge in [0.2, 0.25) is 0 Å². The standard InChI is InChI=1S/C16H10BrClN2OS/c17-11-5-3-4-10(8-11)9-14-15(21)20-16(22-14)19-13-7-2-1-6-12(13)18/h1-9H,(H,19,20,21). The van der Waals surface area contributed by atoms with Gasteiger partial charge in [-0.1, -0.05) is 51.8 Å². The number of para-hydroxylation sites is 1. The molecule has 1 amide bonds. The van der Waals surface area contributed by atoms with E-state index >= 15 is 0 Å². The van der Waals surface area contributed by atoms with Gasteiger partial charge in [0.1, 0.15) is 0 Å². The van der Waals surface area contributed by atoms with Crippen molar-refractivity contribution in [3.8, 4) is 0 Å². The number of hydrogen-bond acceptors (Lipinski definition) is 3. The third-order valence-electron chi connectivity index (χ3n) is 2.87. The van der Waals surface area contributed by atoms with E-state index in [9.17, 15) is 4.79 Å². The molecule has 1 fully saturated rings. The van der Waals surface area contributed by atoms with Crippen molar-refractivity contribution in [3.63, 3.8) is 0 Å². The fourth-order valence-electron chi connectivity index (χ4n) is 1.88. The Morgan fingerprint density at radius 2 is 2.00 bits per heavy atom. The first-order valence-electron chi connectivity index (χ1n) is 6.41. The fraction of sp³-hybridized carbons (Fsp3) is 0. The number of rotatable bonds is 2. The molecule has 1 aliphatic heterocycles. The average Bonchev–Trinajstić information content (AvgIpc) is 2.81. The molecule has 6 heteroatoms. The van der Waals surface area contributed by atoms with Crippen molar-refractivity contribution in [2.75, 3.05) is 0 Å². The second-order valence-electron chi connectivity index (χ2n) is 4.49. The van der Waals surface area contributed by atoms with Gasteiger partial charge in [0, 0.05) is 4.47 Å². The number of aliphatic imine (C=N–C) groups is 1. The predicted octanol–water partition coefficient (Wildman–Crippen LogP) is 4.99. The summed E-state index contributed by atoms with van der Waals surface area (Å²) >= 11 is 10.8. The number of carbonyl (C=O) groups excluding carboxylic acids is 1. The van der Waals surface area contributed by atoms with Crippen molar-refractivity contribution in [1.29, 1.82) is 0 Å². The Labute approximate surface area is 145 Å². The van der Waals surface area contributed by atoms with Crippen molar-refractivity contribution in [3.05, 3.63) is 68.5 Å². The lowest BCUT2D eigenvalue weighted by Gasteiger charge is -1.98. The predicted molar refractivity (Wildman–Crippen MR) is 96.4 cm³/mol. The molecule has 1 aliphatic rings. The number of nitrogens with zero attached hydrogens (tertiary/aromatic N) is 1. The summed E-state index contributed by atoms with van der Waals surface area (Å²) in [5, 5.41) is 3.83. The Bertz CT molecular complexity index is 804. The summed E-state index contributed by atoms with van der Waals surface area (Å²) in [6.45, 7) is 0. The minimum absolute atomic E-state index is 0.157. The summed E-state index contributed by atoms with van der Waals surface area (Å²) in [5.74, 6) is -0.157. The van der Waals surface area contributed by atoms with Crippen LogP contribution in [0.5, 0.6) is 0 Å². The van der Waals surface area contributed by atoms with Crippen molar-refractivity contribution < 1.29 is 4.79 Å². The van der Waals surface area contributed by atoms with Gasteiger partial charge in [0.05, 0.1) is 15.6 Å². The van der Waals surface area contributed by atoms with Crippen molar-refractivity contribution in [1.82, 2.24) is 5.32 Å². The van der Waals surface area contributed by atoms with E-state index in [1.807, 2.05) is 42.5 Å². The van der Waals surface area contributed by atoms with Crippen LogP contribution in [0.2, 0.25) is 5.02 Å². The molecule has 22 heavy (non-hydrogen) atoms. The van der Waals surface area contributed by atoms with Crippen LogP contribution in [-0.4, -0.2) is 11.1 Å². The number of hydrogen-bond donors (Lipinski definition) is 1. The molecule has 0 radical (unpaired) electrons. The molecule has 0 aliphatic carbocycles. The number of thioether (sulfide) groups is 1. The largest absolute Gasteiger partial charge is 0.300 e. The van der Waals surface area contributed by atoms with Crippen LogP contribution in [0.1, 0.15) is 5.56 Å². The molecule has 3 nitrogen and oxygen atoms in total. The van der Waals surface area contributed by atoms with Crippen molar-refractivity contribution in [2.24, 2.45) is 4.99 Å². The van der Waals surface area contributed by atoms with Gasteiger partial charge in [-0.2, -0.15) is 0 Å². The molecule has 1 N–H and O–H groups in total. The average molecular weight is 394 g/mol. The van der Waals surface area contributed by atoms with Gasteiger partial charge in [-0.25, -0.2) is 4.99 Å². The van der Waals surface area contributed by atoms with Crippen LogP contribution in [0.4, 0.5) is 5.69 Å². The highest BCUT2D eigenvalue weighted by Gasteiger charge is 2.23. The number of halogens is 2. The van der Waals surface area contributed by atoms with Crippen LogP contribution in [-0.2, 0) is 4.79 Å². The summed E-state index contributed by atoms with van der Waals surface area (Å²) in [6.07, 6.45) is 1.83. The minimum Gasteiger partial charge on any atom is -0.300 e. The Morgan fingerprint density at radius 3 is 2.77 bits per heavy atom. The monoisotopic (exact) mass is 392 g/mol. The Kier molecular flexibility index (Phi) is 4.66. The second-order valence-corrected chi connectivity index (χ2v) is 6.84. The highest BCUT2D eigenvalue weighted by atomic mass is 79.9. The molecule has 1 saturated heterocycles. The van der Waals surface area contributed by atoms with Gasteiger partial charge in [0.15, 0.2) is 5.17 Å². The molecule has 2 aromatic carbocycles. The molecule has 0 unspecified atom stereocenters. The SMILES string of the molecule is O=C1NC(=Nc2ccccc2Cl)SC1=Cc1cccc(Br)c1. The number of amides is 1. The quantitative estimate of drug-likeness (QED) is 0.730. The van der Waals surface area contributed by atoms with Gasteiger partial charge < -0.3 is 5.32 Å². The Hall–Kier alpha value is -1.56. The van der Waals surface area contributed by atoms with E-state index < -0.39 is 0 Å². The zero-order valence-electron chi connectivity index (χ0n) is 11.2. The van der Waals surface area contributed by atoms with E-state index in [4.69, 9.17) is 11.6 Å². The summed E-state index contributed by atoms with van der Waals surface area (Å²) in [7, 11) is 0. The van der Waals surface area contributed by atoms with Crippen LogP contribution < -0.4 is 5.32 Å². The molecule has 0 bridgehead atoms. The number of nitrogens with one attached hydrogen (secondary N) is 1. The number of carbonyl (C=O) groups is 1. The van der Waals surface area contributed by atoms with E-state index in [1.165, 1.54) is 11.8 Å². The third kappa shape index (κ3) is 3.61. The topological polar surface area (TPSA) is 41.5 Å². The summed E-state index contributed by atoms with van der Waals surface area (Å²) in [5.41, 5.74) is 1.58. The van der Waals surface area contributed by atoms with Crippen molar-refractivity contribution >= 4 is 62.1 Å². The molecule has 110 valence electrons. The zero-order valence-corrected chi connectivity index (χ0v) is 14.4. The van der Waals surface area contributed by atoms with Crippen LogP contribution in [0.25, 0.3) is 6.08 Å². The maximum atomic E-state index is 12.0. The molecule has 3 rings (SSSR count). The first kappa shape index (κ1) is 15.3. The van der Waals surface area contributed by atoms with Crippen molar-refractivity contribution in [2.45, 2.75) is 0 Å². The van der Waals surface area contributed by atoms with Gasteiger partial charge in [-0.3, -0.25) is 4.79 Å². The van der Waals surface area contributed by atoms with E-state index in [1.54, 1.807) is 12.1 Å². The number of amidine groups is 1. The zero-order chi connectivity index (χ0) is 15.5. The molecule has 0 aromatic heterocycles. The Morgan fingerprint density at radius 1 is 1.18 bits per heavy atom. The van der Waals surface area contributed by atoms with E-state index in [2.05, 4.69) is 26.2 Å². The highest BCUT2D eigenvalue weighted by molar-refractivity contribution is 9.10. The van der Waals surface area contributed by atoms with Crippen LogP contribution in [0.15, 0.2) is 62.9 Å². The maximum absolute atomic E-state index is 12.0. The maximum Gasteiger partial charge on any atom is 0.264 e. The minimum atomic E-state index is -0.157. The molecule has 1 heterocycles. The first-order valence-corrected chi connectivity index (χ1v) is 8.40. The molecule has 0 spiro atoms. The summed E-state index contributed by atoms with van der Waals surface area (Å²) in [4.78, 5) is 17.0. The van der Waals surface area contributed by atoms with E-state index in [0.717, 1.165) is 10.0 Å². The Balaban J connectivity index is 1.86. The van der Waals surface area contributed by atoms with Gasteiger partial charge >= 0.3 is 0 Å². The normalized spacial score (nSPS) is 18.0. The molecule has 0 atom stereocenters. The highest BCUT2D eigenvalue weighted by Crippen LogP contribution is 2.30. The smallest absolute Gasteiger partial charge is 0.264 e. The van der Waals surface area contributed by atoms with E-state index in [-0.39, 0.29) is 5.91 Å². The van der Waals surface area contributed by atoms with Crippen LogP contribution in [0.3, 0.4) is 0 Å². The van der Waals surface area contributed by atoms with E-state index in [0.29, 0.717) is 20.8 Å². The second kappa shape index (κ2) is 6.69. The lowest BCUT2D eigenvalue weighted by atomic mass is 10.2. The summed E-state index contributed by atoms with van der Waals surface area (Å²) < 4.78 is 0.968. The van der Waals surface area contributed by atoms with Crippen LogP contribution in [0, 0.1) is 0 Å². The van der Waals surface area contributed by atoms with Gasteiger partial charge in [-0.15, -0.1) is 0 Å². The fourth-order valence-corrected chi connectivity index (χ4v) is 3.31. The lowest BCUT2D eigenvalue weighted by molar-refractivity contribution is -0.115. The number of benzene rings is 2.